The number of methoxy groups -OCH3 is 1. The predicted molar refractivity (Wildman–Crippen MR) is 118 cm³/mol. The lowest BCUT2D eigenvalue weighted by Gasteiger charge is -2.25. The largest absolute Gasteiger partial charge is 0.497 e. The molecule has 0 spiro atoms. The molecule has 2 aromatic carbocycles. The number of hydrogen-bond acceptors (Lipinski definition) is 4. The third-order valence-electron chi connectivity index (χ3n) is 5.44. The van der Waals surface area contributed by atoms with Crippen LogP contribution in [0.3, 0.4) is 0 Å². The average Bonchev–Trinajstić information content (AvgIpc) is 2.77. The molecule has 0 bridgehead atoms. The fourth-order valence-corrected chi connectivity index (χ4v) is 3.81. The first kappa shape index (κ1) is 23.1. The molecule has 7 heteroatoms. The number of halogens is 1. The summed E-state index contributed by atoms with van der Waals surface area (Å²) in [5, 5.41) is 3.75. The Hall–Kier alpha value is -2.60. The molecule has 0 aliphatic carbocycles. The van der Waals surface area contributed by atoms with Crippen LogP contribution in [0.15, 0.2) is 41.5 Å². The molecule has 2 aromatic rings. The highest BCUT2D eigenvalue weighted by Crippen LogP contribution is 2.34. The van der Waals surface area contributed by atoms with Crippen molar-refractivity contribution < 1.29 is 18.6 Å². The maximum Gasteiger partial charge on any atom is 0.158 e. The number of hydrogen-bond donors (Lipinski definition) is 0. The number of rotatable bonds is 9. The van der Waals surface area contributed by atoms with Gasteiger partial charge in [0.25, 0.3) is 0 Å². The maximum atomic E-state index is 14.7. The van der Waals surface area contributed by atoms with Crippen LogP contribution in [0.1, 0.15) is 44.2 Å². The van der Waals surface area contributed by atoms with Crippen molar-refractivity contribution in [1.82, 2.24) is 0 Å². The Morgan fingerprint density at radius 1 is 1.19 bits per heavy atom. The smallest absolute Gasteiger partial charge is 0.158 e. The normalized spacial score (nSPS) is 16.6. The molecule has 1 heterocycles. The van der Waals surface area contributed by atoms with Gasteiger partial charge in [-0.15, -0.1) is 0 Å². The molecule has 1 saturated heterocycles. The molecule has 0 aromatic heterocycles. The van der Waals surface area contributed by atoms with Crippen molar-refractivity contribution in [3.8, 4) is 16.9 Å². The highest BCUT2D eigenvalue weighted by Gasteiger charge is 2.22. The molecule has 166 valence electrons. The van der Waals surface area contributed by atoms with Crippen molar-refractivity contribution in [3.05, 3.63) is 63.8 Å². The van der Waals surface area contributed by atoms with Gasteiger partial charge in [0.2, 0.25) is 0 Å². The van der Waals surface area contributed by atoms with Gasteiger partial charge in [-0.1, -0.05) is 37.2 Å². The van der Waals surface area contributed by atoms with Crippen LogP contribution in [0.5, 0.6) is 5.75 Å². The summed E-state index contributed by atoms with van der Waals surface area (Å²) >= 11 is 0. The van der Waals surface area contributed by atoms with Gasteiger partial charge in [0.15, 0.2) is 6.29 Å². The molecule has 1 aliphatic heterocycles. The molecular weight excluding hydrogens is 397 g/mol. The summed E-state index contributed by atoms with van der Waals surface area (Å²) in [6, 6.07) is 10.7. The summed E-state index contributed by atoms with van der Waals surface area (Å²) < 4.78 is 31.6. The fraction of sp³-hybridized carbons (Fsp3) is 0.500. The summed E-state index contributed by atoms with van der Waals surface area (Å²) in [6.45, 7) is 5.58. The molecule has 0 saturated carbocycles. The molecule has 0 radical (unpaired) electrons. The van der Waals surface area contributed by atoms with Gasteiger partial charge in [-0.3, -0.25) is 0 Å². The van der Waals surface area contributed by atoms with Crippen LogP contribution in [0.2, 0.25) is 0 Å². The van der Waals surface area contributed by atoms with E-state index in [0.29, 0.717) is 30.9 Å². The molecule has 0 amide bonds. The number of ether oxygens (including phenoxy) is 3. The van der Waals surface area contributed by atoms with Crippen molar-refractivity contribution in [2.24, 2.45) is 10.5 Å². The summed E-state index contributed by atoms with van der Waals surface area (Å²) in [4.78, 5) is 2.89. The van der Waals surface area contributed by atoms with E-state index in [2.05, 4.69) is 16.1 Å². The van der Waals surface area contributed by atoms with Crippen molar-refractivity contribution in [2.45, 2.75) is 52.4 Å². The van der Waals surface area contributed by atoms with Gasteiger partial charge < -0.3 is 14.2 Å². The molecular formula is C24H30FN3O3. The Kier molecular flexibility index (Phi) is 7.91. The molecule has 1 unspecified atom stereocenters. The van der Waals surface area contributed by atoms with Crippen LogP contribution in [0, 0.1) is 11.2 Å². The third-order valence-corrected chi connectivity index (χ3v) is 5.44. The average molecular weight is 428 g/mol. The van der Waals surface area contributed by atoms with Crippen molar-refractivity contribution in [1.29, 1.82) is 0 Å². The molecule has 1 atom stereocenters. The zero-order chi connectivity index (χ0) is 22.3. The lowest BCUT2D eigenvalue weighted by molar-refractivity contribution is -0.168. The van der Waals surface area contributed by atoms with Crippen molar-refractivity contribution in [3.63, 3.8) is 0 Å². The third kappa shape index (κ3) is 6.44. The minimum atomic E-state index is -0.311. The van der Waals surface area contributed by atoms with E-state index in [4.69, 9.17) is 19.7 Å². The Morgan fingerprint density at radius 2 is 2.03 bits per heavy atom. The van der Waals surface area contributed by atoms with E-state index in [1.807, 2.05) is 26.0 Å². The summed E-state index contributed by atoms with van der Waals surface area (Å²) in [5.74, 6) is 0.284. The van der Waals surface area contributed by atoms with Crippen LogP contribution in [-0.2, 0) is 22.5 Å². The minimum absolute atomic E-state index is 0.172. The van der Waals surface area contributed by atoms with E-state index in [1.54, 1.807) is 19.2 Å². The number of nitrogens with zero attached hydrogens (tertiary/aromatic N) is 3. The molecule has 1 aliphatic rings. The minimum Gasteiger partial charge on any atom is -0.497 e. The zero-order valence-electron chi connectivity index (χ0n) is 18.4. The van der Waals surface area contributed by atoms with Gasteiger partial charge >= 0.3 is 0 Å². The summed E-state index contributed by atoms with van der Waals surface area (Å²) in [7, 11) is 1.56. The highest BCUT2D eigenvalue weighted by molar-refractivity contribution is 5.70. The van der Waals surface area contributed by atoms with Crippen LogP contribution in [0.4, 0.5) is 4.39 Å². The topological polar surface area (TPSA) is 76.5 Å². The van der Waals surface area contributed by atoms with Gasteiger partial charge in [-0.25, -0.2) is 4.39 Å². The van der Waals surface area contributed by atoms with Crippen LogP contribution in [-0.4, -0.2) is 26.6 Å². The number of azide groups is 1. The lowest BCUT2D eigenvalue weighted by Crippen LogP contribution is -2.22. The van der Waals surface area contributed by atoms with Gasteiger partial charge in [-0.2, -0.15) is 0 Å². The van der Waals surface area contributed by atoms with E-state index in [-0.39, 0.29) is 17.5 Å². The SMILES string of the molecule is COc1ccc(F)c(-c2ccc(COC3CCCCO3)cc2CC(C)(C)CN=[N+]=[N-])c1. The van der Waals surface area contributed by atoms with Gasteiger partial charge in [-0.05, 0) is 71.5 Å². The molecule has 3 rings (SSSR count). The summed E-state index contributed by atoms with van der Waals surface area (Å²) in [5.41, 5.74) is 11.7. The monoisotopic (exact) mass is 427 g/mol. The van der Waals surface area contributed by atoms with Crippen molar-refractivity contribution in [2.75, 3.05) is 20.3 Å². The standard InChI is InChI=1S/C24H30FN3O3/c1-24(2,16-27-28-26)14-18-12-17(15-31-23-6-4-5-11-30-23)7-9-20(18)21-13-19(29-3)8-10-22(21)25/h7-10,12-13,23H,4-6,11,14-16H2,1-3H3. The first-order valence-corrected chi connectivity index (χ1v) is 10.6. The second-order valence-corrected chi connectivity index (χ2v) is 8.67. The van der Waals surface area contributed by atoms with Crippen molar-refractivity contribution >= 4 is 0 Å². The van der Waals surface area contributed by atoms with Gasteiger partial charge in [0.05, 0.1) is 13.7 Å². The first-order chi connectivity index (χ1) is 14.9. The lowest BCUT2D eigenvalue weighted by atomic mass is 9.82. The van der Waals surface area contributed by atoms with Gasteiger partial charge in [0, 0.05) is 23.6 Å². The van der Waals surface area contributed by atoms with E-state index in [1.165, 1.54) is 6.07 Å². The fourth-order valence-electron chi connectivity index (χ4n) is 3.81. The summed E-state index contributed by atoms with van der Waals surface area (Å²) in [6.07, 6.45) is 3.53. The maximum absolute atomic E-state index is 14.7. The Bertz CT molecular complexity index is 936. The van der Waals surface area contributed by atoms with E-state index in [9.17, 15) is 4.39 Å². The van der Waals surface area contributed by atoms with E-state index < -0.39 is 0 Å². The molecule has 6 nitrogen and oxygen atoms in total. The van der Waals surface area contributed by atoms with Crippen LogP contribution >= 0.6 is 0 Å². The predicted octanol–water partition coefficient (Wildman–Crippen LogP) is 6.42. The van der Waals surface area contributed by atoms with E-state index in [0.717, 1.165) is 42.6 Å². The van der Waals surface area contributed by atoms with Crippen LogP contribution < -0.4 is 4.74 Å². The Balaban J connectivity index is 1.92. The molecule has 0 N–H and O–H groups in total. The second-order valence-electron chi connectivity index (χ2n) is 8.67. The second kappa shape index (κ2) is 10.6. The van der Waals surface area contributed by atoms with Gasteiger partial charge in [0.1, 0.15) is 11.6 Å². The number of benzene rings is 2. The van der Waals surface area contributed by atoms with E-state index >= 15 is 0 Å². The Morgan fingerprint density at radius 3 is 2.74 bits per heavy atom. The highest BCUT2D eigenvalue weighted by atomic mass is 19.1. The zero-order valence-corrected chi connectivity index (χ0v) is 18.4. The van der Waals surface area contributed by atoms with Crippen LogP contribution in [0.25, 0.3) is 21.6 Å². The molecule has 1 fully saturated rings. The Labute approximate surface area is 183 Å². The first-order valence-electron chi connectivity index (χ1n) is 10.6. The molecule has 31 heavy (non-hydrogen) atoms. The quantitative estimate of drug-likeness (QED) is 0.263.